The molecule has 0 saturated heterocycles. The highest BCUT2D eigenvalue weighted by atomic mass is 32.2. The highest BCUT2D eigenvalue weighted by Gasteiger charge is 2.24. The molecule has 0 atom stereocenters. The van der Waals surface area contributed by atoms with Gasteiger partial charge in [0.05, 0.1) is 16.5 Å². The van der Waals surface area contributed by atoms with Gasteiger partial charge in [-0.15, -0.1) is 0 Å². The molecule has 3 aromatic rings. The zero-order valence-corrected chi connectivity index (χ0v) is 23.9. The van der Waals surface area contributed by atoms with Crippen molar-refractivity contribution >= 4 is 55.2 Å². The average Bonchev–Trinajstić information content (AvgIpc) is 3.41. The number of fused-ring (bicyclic) bond motifs is 2. The Bertz CT molecular complexity index is 1420. The third kappa shape index (κ3) is 7.57. The first-order valence-electron chi connectivity index (χ1n) is 12.8. The summed E-state index contributed by atoms with van der Waals surface area (Å²) >= 11 is 3.56. The van der Waals surface area contributed by atoms with Crippen LogP contribution in [0.5, 0.6) is 0 Å². The highest BCUT2D eigenvalue weighted by molar-refractivity contribution is 8.03. The number of para-hydroxylation sites is 2. The highest BCUT2D eigenvalue weighted by Crippen LogP contribution is 2.45. The lowest BCUT2D eigenvalue weighted by Gasteiger charge is -2.20. The van der Waals surface area contributed by atoms with E-state index in [9.17, 15) is 8.42 Å². The fourth-order valence-electron chi connectivity index (χ4n) is 4.35. The van der Waals surface area contributed by atoms with Crippen LogP contribution in [0, 0.1) is 0 Å². The predicted molar refractivity (Wildman–Crippen MR) is 158 cm³/mol. The van der Waals surface area contributed by atoms with Crippen molar-refractivity contribution in [1.29, 1.82) is 0 Å². The number of hydrogen-bond acceptors (Lipinski definition) is 5. The van der Waals surface area contributed by atoms with E-state index < -0.39 is 10.1 Å². The zero-order chi connectivity index (χ0) is 26.3. The van der Waals surface area contributed by atoms with Crippen molar-refractivity contribution in [2.75, 3.05) is 17.2 Å². The molecule has 1 aromatic heterocycles. The van der Waals surface area contributed by atoms with Gasteiger partial charge in [-0.3, -0.25) is 4.55 Å². The maximum absolute atomic E-state index is 11.1. The molecule has 0 amide bonds. The molecule has 0 bridgehead atoms. The number of thioether (sulfide) groups is 1. The van der Waals surface area contributed by atoms with Gasteiger partial charge >= 0.3 is 0 Å². The number of nitrogens with zero attached hydrogens (tertiary/aromatic N) is 2. The van der Waals surface area contributed by atoms with Gasteiger partial charge in [-0.05, 0) is 50.5 Å². The van der Waals surface area contributed by atoms with Gasteiger partial charge in [-0.1, -0.05) is 78.4 Å². The van der Waals surface area contributed by atoms with Crippen molar-refractivity contribution in [2.24, 2.45) is 0 Å². The molecule has 4 rings (SSSR count). The first-order valence-corrected chi connectivity index (χ1v) is 16.1. The molecule has 8 heteroatoms. The summed E-state index contributed by atoms with van der Waals surface area (Å²) in [5.74, 6) is -0.200. The second-order valence-corrected chi connectivity index (χ2v) is 12.9. The summed E-state index contributed by atoms with van der Waals surface area (Å²) < 4.78 is 35.0. The second kappa shape index (κ2) is 12.9. The first-order chi connectivity index (χ1) is 17.9. The van der Waals surface area contributed by atoms with E-state index in [1.54, 1.807) is 11.8 Å². The molecule has 0 saturated carbocycles. The Hall–Kier alpha value is -2.39. The summed E-state index contributed by atoms with van der Waals surface area (Å²) in [6.45, 7) is 6.09. The molecular formula is C29H35N2O3S3+. The number of hydrogen-bond donors (Lipinski definition) is 1. The SMILES string of the molecule is CCCCC[n+]1c(/C=C/C(C)=C/C=C2\Sc3ccccc3N2CCCCS(=O)(=O)O)sc2ccccc21. The topological polar surface area (TPSA) is 61.5 Å². The Balaban J connectivity index is 1.50. The molecule has 1 N–H and O–H groups in total. The Morgan fingerprint density at radius 1 is 1.05 bits per heavy atom. The van der Waals surface area contributed by atoms with Crippen LogP contribution in [0.25, 0.3) is 16.3 Å². The quantitative estimate of drug-likeness (QED) is 0.109. The molecule has 0 radical (unpaired) electrons. The second-order valence-electron chi connectivity index (χ2n) is 9.23. The number of aryl methyl sites for hydroxylation is 1. The lowest BCUT2D eigenvalue weighted by atomic mass is 10.2. The van der Waals surface area contributed by atoms with Crippen molar-refractivity contribution in [1.82, 2.24) is 0 Å². The third-order valence-electron chi connectivity index (χ3n) is 6.27. The van der Waals surface area contributed by atoms with Crippen molar-refractivity contribution < 1.29 is 17.5 Å². The molecular weight excluding hydrogens is 521 g/mol. The Morgan fingerprint density at radius 3 is 2.65 bits per heavy atom. The van der Waals surface area contributed by atoms with Crippen molar-refractivity contribution in [3.63, 3.8) is 0 Å². The van der Waals surface area contributed by atoms with Gasteiger partial charge in [-0.25, -0.2) is 0 Å². The number of thiazole rings is 1. The van der Waals surface area contributed by atoms with E-state index in [0.29, 0.717) is 19.4 Å². The molecule has 0 unspecified atom stereocenters. The Kier molecular flexibility index (Phi) is 9.65. The number of benzene rings is 2. The fourth-order valence-corrected chi connectivity index (χ4v) is 7.10. The van der Waals surface area contributed by atoms with Gasteiger partial charge in [-0.2, -0.15) is 13.0 Å². The molecule has 0 spiro atoms. The van der Waals surface area contributed by atoms with Gasteiger partial charge in [0.15, 0.2) is 6.54 Å². The van der Waals surface area contributed by atoms with Gasteiger partial charge in [0.2, 0.25) is 5.52 Å². The average molecular weight is 556 g/mol. The van der Waals surface area contributed by atoms with Gasteiger partial charge in [0.25, 0.3) is 15.1 Å². The standard InChI is InChI=1S/C29H34N2O3S3/c1-3-4-9-20-30-24-12-5-7-14-26(24)35-28(30)18-16-23(2)17-19-29-31(21-10-11-22-37(32,33)34)25-13-6-8-15-27(25)36-29/h5-8,12-19H,3-4,9-11,20-22H2,1-2H3/p+1. The van der Waals surface area contributed by atoms with E-state index in [-0.39, 0.29) is 5.75 Å². The van der Waals surface area contributed by atoms with Crippen LogP contribution < -0.4 is 9.47 Å². The molecule has 5 nitrogen and oxygen atoms in total. The van der Waals surface area contributed by atoms with Crippen LogP contribution in [-0.4, -0.2) is 25.3 Å². The largest absolute Gasteiger partial charge is 0.335 e. The number of anilines is 1. The van der Waals surface area contributed by atoms with Gasteiger partial charge < -0.3 is 4.90 Å². The molecule has 1 aliphatic rings. The van der Waals surface area contributed by atoms with Crippen molar-refractivity contribution in [3.8, 4) is 0 Å². The van der Waals surface area contributed by atoms with E-state index in [4.69, 9.17) is 4.55 Å². The normalized spacial score (nSPS) is 15.4. The first kappa shape index (κ1) is 27.6. The molecule has 37 heavy (non-hydrogen) atoms. The predicted octanol–water partition coefficient (Wildman–Crippen LogP) is 7.46. The molecule has 1 aliphatic heterocycles. The summed E-state index contributed by atoms with van der Waals surface area (Å²) in [7, 11) is -3.92. The van der Waals surface area contributed by atoms with E-state index in [0.717, 1.165) is 22.8 Å². The lowest BCUT2D eigenvalue weighted by molar-refractivity contribution is -0.669. The van der Waals surface area contributed by atoms with Crippen LogP contribution in [0.2, 0.25) is 0 Å². The molecule has 196 valence electrons. The minimum atomic E-state index is -3.92. The maximum Gasteiger partial charge on any atom is 0.264 e. The van der Waals surface area contributed by atoms with E-state index in [2.05, 4.69) is 84.0 Å². The van der Waals surface area contributed by atoms with Gasteiger partial charge in [0, 0.05) is 30.0 Å². The van der Waals surface area contributed by atoms with Crippen LogP contribution in [0.4, 0.5) is 5.69 Å². The monoisotopic (exact) mass is 555 g/mol. The smallest absolute Gasteiger partial charge is 0.264 e. The number of unbranched alkanes of at least 4 members (excludes halogenated alkanes) is 3. The summed E-state index contributed by atoms with van der Waals surface area (Å²) in [6, 6.07) is 16.9. The summed E-state index contributed by atoms with van der Waals surface area (Å²) in [6.07, 6.45) is 13.4. The third-order valence-corrected chi connectivity index (χ3v) is 9.34. The Labute approximate surface area is 229 Å². The molecule has 0 fully saturated rings. The van der Waals surface area contributed by atoms with Crippen LogP contribution in [0.1, 0.15) is 51.0 Å². The Morgan fingerprint density at radius 2 is 1.84 bits per heavy atom. The van der Waals surface area contributed by atoms with Crippen LogP contribution in [0.3, 0.4) is 0 Å². The fraction of sp³-hybridized carbons (Fsp3) is 0.345. The zero-order valence-electron chi connectivity index (χ0n) is 21.5. The number of rotatable bonds is 12. The van der Waals surface area contributed by atoms with Crippen molar-refractivity contribution in [2.45, 2.75) is 57.4 Å². The van der Waals surface area contributed by atoms with Crippen LogP contribution in [0.15, 0.2) is 82.3 Å². The minimum absolute atomic E-state index is 0.200. The molecule has 2 heterocycles. The van der Waals surface area contributed by atoms with E-state index in [1.165, 1.54) is 39.4 Å². The number of allylic oxidation sites excluding steroid dienone is 4. The minimum Gasteiger partial charge on any atom is -0.335 e. The van der Waals surface area contributed by atoms with Crippen molar-refractivity contribution in [3.05, 3.63) is 82.4 Å². The van der Waals surface area contributed by atoms with Gasteiger partial charge in [0.1, 0.15) is 4.70 Å². The summed E-state index contributed by atoms with van der Waals surface area (Å²) in [5, 5.41) is 2.39. The van der Waals surface area contributed by atoms with Crippen LogP contribution >= 0.6 is 23.1 Å². The molecule has 0 aliphatic carbocycles. The summed E-state index contributed by atoms with van der Waals surface area (Å²) in [5.41, 5.74) is 3.61. The maximum atomic E-state index is 11.1. The van der Waals surface area contributed by atoms with Crippen LogP contribution in [-0.2, 0) is 16.7 Å². The van der Waals surface area contributed by atoms with E-state index >= 15 is 0 Å². The van der Waals surface area contributed by atoms with E-state index in [1.807, 2.05) is 23.5 Å². The summed E-state index contributed by atoms with van der Waals surface area (Å²) in [4.78, 5) is 3.44. The lowest BCUT2D eigenvalue weighted by Crippen LogP contribution is -2.34. The number of aromatic nitrogens is 1. The molecule has 2 aromatic carbocycles.